The summed E-state index contributed by atoms with van der Waals surface area (Å²) in [7, 11) is -2.96. The van der Waals surface area contributed by atoms with Gasteiger partial charge >= 0.3 is 5.97 Å². The van der Waals surface area contributed by atoms with Crippen molar-refractivity contribution in [1.82, 2.24) is 4.90 Å². The molecule has 0 aromatic carbocycles. The molecule has 1 aliphatic rings. The molecule has 0 amide bonds. The molecule has 1 atom stereocenters. The van der Waals surface area contributed by atoms with Gasteiger partial charge in [0.1, 0.15) is 0 Å². The largest absolute Gasteiger partial charge is 0.480 e. The SMILES string of the molecule is C=CCCN(CC(=O)O)C1CCS(=O)(=O)C1. The maximum absolute atomic E-state index is 11.3. The highest BCUT2D eigenvalue weighted by Gasteiger charge is 2.32. The van der Waals surface area contributed by atoms with Crippen LogP contribution in [0.3, 0.4) is 0 Å². The molecule has 0 aromatic rings. The molecule has 5 nitrogen and oxygen atoms in total. The first-order valence-corrected chi connectivity index (χ1v) is 7.04. The first-order valence-electron chi connectivity index (χ1n) is 5.22. The Hall–Kier alpha value is -0.880. The van der Waals surface area contributed by atoms with Crippen molar-refractivity contribution in [1.29, 1.82) is 0 Å². The predicted molar refractivity (Wildman–Crippen MR) is 61.1 cm³/mol. The minimum Gasteiger partial charge on any atom is -0.480 e. The highest BCUT2D eigenvalue weighted by atomic mass is 32.2. The Balaban J connectivity index is 2.61. The van der Waals surface area contributed by atoms with Crippen molar-refractivity contribution >= 4 is 15.8 Å². The predicted octanol–water partition coefficient (Wildman–Crippen LogP) is 0.136. The van der Waals surface area contributed by atoms with Crippen molar-refractivity contribution in [2.45, 2.75) is 18.9 Å². The van der Waals surface area contributed by atoms with E-state index >= 15 is 0 Å². The van der Waals surface area contributed by atoms with Crippen molar-refractivity contribution in [3.63, 3.8) is 0 Å². The van der Waals surface area contributed by atoms with Crippen LogP contribution in [-0.2, 0) is 14.6 Å². The summed E-state index contributed by atoms with van der Waals surface area (Å²) in [6.45, 7) is 4.02. The molecule has 1 fully saturated rings. The van der Waals surface area contributed by atoms with Gasteiger partial charge in [-0.05, 0) is 12.8 Å². The number of rotatable bonds is 6. The second kappa shape index (κ2) is 5.45. The van der Waals surface area contributed by atoms with E-state index in [0.29, 0.717) is 19.4 Å². The standard InChI is InChI=1S/C10H17NO4S/c1-2-3-5-11(7-10(12)13)9-4-6-16(14,15)8-9/h2,9H,1,3-8H2,(H,12,13). The summed E-state index contributed by atoms with van der Waals surface area (Å²) in [5.74, 6) is -0.674. The number of nitrogens with zero attached hydrogens (tertiary/aromatic N) is 1. The highest BCUT2D eigenvalue weighted by Crippen LogP contribution is 2.17. The van der Waals surface area contributed by atoms with Gasteiger partial charge in [0.2, 0.25) is 0 Å². The Kier molecular flexibility index (Phi) is 4.49. The first kappa shape index (κ1) is 13.2. The third-order valence-electron chi connectivity index (χ3n) is 2.68. The van der Waals surface area contributed by atoms with Crippen LogP contribution < -0.4 is 0 Å². The molecule has 0 bridgehead atoms. The molecule has 0 spiro atoms. The van der Waals surface area contributed by atoms with E-state index in [1.165, 1.54) is 0 Å². The molecule has 1 saturated heterocycles. The van der Waals surface area contributed by atoms with Gasteiger partial charge in [0.05, 0.1) is 18.1 Å². The Morgan fingerprint density at radius 3 is 2.69 bits per heavy atom. The summed E-state index contributed by atoms with van der Waals surface area (Å²) >= 11 is 0. The summed E-state index contributed by atoms with van der Waals surface area (Å²) < 4.78 is 22.6. The van der Waals surface area contributed by atoms with E-state index in [-0.39, 0.29) is 24.1 Å². The maximum atomic E-state index is 11.3. The van der Waals surface area contributed by atoms with Crippen LogP contribution in [0.4, 0.5) is 0 Å². The molecule has 1 heterocycles. The molecule has 16 heavy (non-hydrogen) atoms. The van der Waals surface area contributed by atoms with Gasteiger partial charge in [-0.3, -0.25) is 9.69 Å². The fourth-order valence-electron chi connectivity index (χ4n) is 1.88. The van der Waals surface area contributed by atoms with E-state index in [9.17, 15) is 13.2 Å². The van der Waals surface area contributed by atoms with Gasteiger partial charge in [-0.1, -0.05) is 6.08 Å². The first-order chi connectivity index (χ1) is 7.44. The van der Waals surface area contributed by atoms with Gasteiger partial charge in [-0.25, -0.2) is 8.42 Å². The molecule has 0 aromatic heterocycles. The van der Waals surface area contributed by atoms with Crippen LogP contribution in [0.5, 0.6) is 0 Å². The van der Waals surface area contributed by atoms with E-state index in [4.69, 9.17) is 5.11 Å². The summed E-state index contributed by atoms with van der Waals surface area (Å²) in [6.07, 6.45) is 2.91. The van der Waals surface area contributed by atoms with Crippen LogP contribution >= 0.6 is 0 Å². The third kappa shape index (κ3) is 3.94. The summed E-state index contributed by atoms with van der Waals surface area (Å²) in [4.78, 5) is 12.4. The molecule has 1 N–H and O–H groups in total. The number of hydrogen-bond donors (Lipinski definition) is 1. The van der Waals surface area contributed by atoms with Gasteiger partial charge in [-0.15, -0.1) is 6.58 Å². The van der Waals surface area contributed by atoms with Crippen LogP contribution in [0.1, 0.15) is 12.8 Å². The van der Waals surface area contributed by atoms with Crippen molar-refractivity contribution < 1.29 is 18.3 Å². The quantitative estimate of drug-likeness (QED) is 0.676. The molecule has 0 saturated carbocycles. The van der Waals surface area contributed by atoms with Crippen LogP contribution in [0, 0.1) is 0 Å². The Morgan fingerprint density at radius 2 is 2.25 bits per heavy atom. The van der Waals surface area contributed by atoms with Crippen LogP contribution in [0.15, 0.2) is 12.7 Å². The van der Waals surface area contributed by atoms with Crippen molar-refractivity contribution in [2.75, 3.05) is 24.6 Å². The second-order valence-electron chi connectivity index (χ2n) is 4.00. The fourth-order valence-corrected chi connectivity index (χ4v) is 3.65. The molecule has 6 heteroatoms. The maximum Gasteiger partial charge on any atom is 0.317 e. The van der Waals surface area contributed by atoms with E-state index < -0.39 is 15.8 Å². The lowest BCUT2D eigenvalue weighted by atomic mass is 10.2. The van der Waals surface area contributed by atoms with Crippen molar-refractivity contribution in [3.8, 4) is 0 Å². The van der Waals surface area contributed by atoms with Gasteiger partial charge < -0.3 is 5.11 Å². The zero-order valence-corrected chi connectivity index (χ0v) is 9.95. The zero-order valence-electron chi connectivity index (χ0n) is 9.13. The van der Waals surface area contributed by atoms with Crippen molar-refractivity contribution in [2.24, 2.45) is 0 Å². The molecule has 0 aliphatic carbocycles. The third-order valence-corrected chi connectivity index (χ3v) is 4.43. The number of carboxylic acid groups (broad SMARTS) is 1. The molecule has 92 valence electrons. The number of aliphatic carboxylic acids is 1. The normalized spacial score (nSPS) is 23.4. The summed E-state index contributed by atoms with van der Waals surface area (Å²) in [5, 5.41) is 8.76. The van der Waals surface area contributed by atoms with Crippen LogP contribution in [0.2, 0.25) is 0 Å². The number of hydrogen-bond acceptors (Lipinski definition) is 4. The number of sulfone groups is 1. The summed E-state index contributed by atoms with van der Waals surface area (Å²) in [6, 6.07) is -0.152. The molecular weight excluding hydrogens is 230 g/mol. The summed E-state index contributed by atoms with van der Waals surface area (Å²) in [5.41, 5.74) is 0. The van der Waals surface area contributed by atoms with Gasteiger partial charge in [0.15, 0.2) is 9.84 Å². The Morgan fingerprint density at radius 1 is 1.56 bits per heavy atom. The molecule has 0 radical (unpaired) electrons. The van der Waals surface area contributed by atoms with Crippen LogP contribution in [-0.4, -0.2) is 55.0 Å². The lowest BCUT2D eigenvalue weighted by molar-refractivity contribution is -0.138. The minimum absolute atomic E-state index is 0.0808. The number of carboxylic acids is 1. The van der Waals surface area contributed by atoms with E-state index in [1.54, 1.807) is 11.0 Å². The van der Waals surface area contributed by atoms with Gasteiger partial charge in [-0.2, -0.15) is 0 Å². The zero-order chi connectivity index (χ0) is 12.2. The highest BCUT2D eigenvalue weighted by molar-refractivity contribution is 7.91. The number of carbonyl (C=O) groups is 1. The molecular formula is C10H17NO4S. The average molecular weight is 247 g/mol. The smallest absolute Gasteiger partial charge is 0.317 e. The fraction of sp³-hybridized carbons (Fsp3) is 0.700. The second-order valence-corrected chi connectivity index (χ2v) is 6.23. The Labute approximate surface area is 95.7 Å². The van der Waals surface area contributed by atoms with Gasteiger partial charge in [0.25, 0.3) is 0 Å². The monoisotopic (exact) mass is 247 g/mol. The van der Waals surface area contributed by atoms with Crippen molar-refractivity contribution in [3.05, 3.63) is 12.7 Å². The lowest BCUT2D eigenvalue weighted by Crippen LogP contribution is -2.40. The van der Waals surface area contributed by atoms with E-state index in [2.05, 4.69) is 6.58 Å². The van der Waals surface area contributed by atoms with E-state index in [1.807, 2.05) is 0 Å². The lowest BCUT2D eigenvalue weighted by Gasteiger charge is -2.25. The van der Waals surface area contributed by atoms with Gasteiger partial charge in [0, 0.05) is 12.6 Å². The van der Waals surface area contributed by atoms with E-state index in [0.717, 1.165) is 0 Å². The minimum atomic E-state index is -2.96. The molecule has 1 aliphatic heterocycles. The topological polar surface area (TPSA) is 74.7 Å². The average Bonchev–Trinajstić information content (AvgIpc) is 2.52. The Bertz CT molecular complexity index is 363. The molecule has 1 rings (SSSR count). The molecule has 1 unspecified atom stereocenters. The van der Waals surface area contributed by atoms with Crippen LogP contribution in [0.25, 0.3) is 0 Å².